The zero-order valence-corrected chi connectivity index (χ0v) is 11.2. The summed E-state index contributed by atoms with van der Waals surface area (Å²) < 4.78 is 13.8. The molecule has 2 rings (SSSR count). The van der Waals surface area contributed by atoms with E-state index in [1.807, 2.05) is 27.0 Å². The van der Waals surface area contributed by atoms with Crippen LogP contribution in [0, 0.1) is 11.7 Å². The summed E-state index contributed by atoms with van der Waals surface area (Å²) in [7, 11) is 1.83. The van der Waals surface area contributed by atoms with Crippen molar-refractivity contribution in [3.8, 4) is 0 Å². The summed E-state index contributed by atoms with van der Waals surface area (Å²) in [5, 5.41) is 0. The van der Waals surface area contributed by atoms with Gasteiger partial charge in [-0.1, -0.05) is 26.0 Å². The van der Waals surface area contributed by atoms with Gasteiger partial charge in [0.1, 0.15) is 5.82 Å². The summed E-state index contributed by atoms with van der Waals surface area (Å²) in [6, 6.07) is 5.22. The number of hydrogen-bond acceptors (Lipinski definition) is 1. The first-order valence-electron chi connectivity index (χ1n) is 6.56. The predicted octanol–water partition coefficient (Wildman–Crippen LogP) is 3.32. The maximum absolute atomic E-state index is 13.8. The molecule has 0 fully saturated rings. The lowest BCUT2D eigenvalue weighted by molar-refractivity contribution is -0.135. The molecule has 0 aromatic heterocycles. The predicted molar refractivity (Wildman–Crippen MR) is 69.7 cm³/mol. The SMILES string of the molecule is CC(C)C(=O)N(C)C1CCCc2c(F)cccc21. The van der Waals surface area contributed by atoms with Gasteiger partial charge in [-0.25, -0.2) is 4.39 Å². The molecule has 1 amide bonds. The Kier molecular flexibility index (Phi) is 3.69. The van der Waals surface area contributed by atoms with Crippen molar-refractivity contribution < 1.29 is 9.18 Å². The second-order valence-electron chi connectivity index (χ2n) is 5.32. The second kappa shape index (κ2) is 5.09. The third-order valence-corrected chi connectivity index (χ3v) is 3.73. The average Bonchev–Trinajstić information content (AvgIpc) is 2.37. The van der Waals surface area contributed by atoms with Gasteiger partial charge in [0, 0.05) is 13.0 Å². The fraction of sp³-hybridized carbons (Fsp3) is 0.533. The minimum atomic E-state index is -0.136. The number of amides is 1. The van der Waals surface area contributed by atoms with Crippen molar-refractivity contribution in [1.82, 2.24) is 4.90 Å². The van der Waals surface area contributed by atoms with Crippen LogP contribution < -0.4 is 0 Å². The highest BCUT2D eigenvalue weighted by Gasteiger charge is 2.28. The molecule has 1 aliphatic rings. The van der Waals surface area contributed by atoms with E-state index in [4.69, 9.17) is 0 Å². The minimum absolute atomic E-state index is 0.0195. The molecule has 1 aromatic rings. The molecule has 1 aliphatic carbocycles. The van der Waals surface area contributed by atoms with E-state index in [9.17, 15) is 9.18 Å². The highest BCUT2D eigenvalue weighted by molar-refractivity contribution is 5.78. The van der Waals surface area contributed by atoms with Gasteiger partial charge in [0.15, 0.2) is 0 Å². The van der Waals surface area contributed by atoms with Crippen molar-refractivity contribution in [2.24, 2.45) is 5.92 Å². The Morgan fingerprint density at radius 3 is 2.83 bits per heavy atom. The van der Waals surface area contributed by atoms with Gasteiger partial charge in [-0.2, -0.15) is 0 Å². The van der Waals surface area contributed by atoms with Crippen molar-refractivity contribution in [3.05, 3.63) is 35.1 Å². The summed E-state index contributed by atoms with van der Waals surface area (Å²) in [5.74, 6) is -0.0337. The smallest absolute Gasteiger partial charge is 0.225 e. The number of rotatable bonds is 2. The fourth-order valence-electron chi connectivity index (χ4n) is 2.74. The van der Waals surface area contributed by atoms with Crippen LogP contribution in [0.1, 0.15) is 43.9 Å². The Labute approximate surface area is 108 Å². The lowest BCUT2D eigenvalue weighted by atomic mass is 9.86. The first-order valence-corrected chi connectivity index (χ1v) is 6.56. The van der Waals surface area contributed by atoms with Crippen LogP contribution in [0.25, 0.3) is 0 Å². The molecule has 0 N–H and O–H groups in total. The molecule has 0 bridgehead atoms. The van der Waals surface area contributed by atoms with Gasteiger partial charge in [-0.05, 0) is 36.5 Å². The highest BCUT2D eigenvalue weighted by atomic mass is 19.1. The molecule has 2 nitrogen and oxygen atoms in total. The zero-order chi connectivity index (χ0) is 13.3. The van der Waals surface area contributed by atoms with Crippen molar-refractivity contribution in [2.45, 2.75) is 39.2 Å². The van der Waals surface area contributed by atoms with E-state index in [0.717, 1.165) is 30.4 Å². The van der Waals surface area contributed by atoms with Crippen LogP contribution in [0.4, 0.5) is 4.39 Å². The maximum atomic E-state index is 13.8. The monoisotopic (exact) mass is 249 g/mol. The van der Waals surface area contributed by atoms with Crippen LogP contribution in [0.2, 0.25) is 0 Å². The van der Waals surface area contributed by atoms with E-state index in [1.165, 1.54) is 6.07 Å². The summed E-state index contributed by atoms with van der Waals surface area (Å²) in [5.41, 5.74) is 1.77. The number of carbonyl (C=O) groups is 1. The number of halogens is 1. The van der Waals surface area contributed by atoms with Crippen LogP contribution >= 0.6 is 0 Å². The molecule has 0 saturated carbocycles. The van der Waals surface area contributed by atoms with Crippen molar-refractivity contribution in [3.63, 3.8) is 0 Å². The molecule has 0 heterocycles. The van der Waals surface area contributed by atoms with Crippen LogP contribution in [-0.4, -0.2) is 17.9 Å². The average molecular weight is 249 g/mol. The maximum Gasteiger partial charge on any atom is 0.225 e. The van der Waals surface area contributed by atoms with Crippen molar-refractivity contribution in [2.75, 3.05) is 7.05 Å². The van der Waals surface area contributed by atoms with Crippen molar-refractivity contribution in [1.29, 1.82) is 0 Å². The van der Waals surface area contributed by atoms with Gasteiger partial charge in [-0.15, -0.1) is 0 Å². The van der Waals surface area contributed by atoms with E-state index in [-0.39, 0.29) is 23.7 Å². The molecule has 98 valence electrons. The Hall–Kier alpha value is -1.38. The first-order chi connectivity index (χ1) is 8.52. The Morgan fingerprint density at radius 2 is 2.17 bits per heavy atom. The third-order valence-electron chi connectivity index (χ3n) is 3.73. The lowest BCUT2D eigenvalue weighted by Gasteiger charge is -2.34. The van der Waals surface area contributed by atoms with Crippen LogP contribution in [0.15, 0.2) is 18.2 Å². The highest BCUT2D eigenvalue weighted by Crippen LogP contribution is 2.35. The molecule has 0 saturated heterocycles. The van der Waals surface area contributed by atoms with E-state index in [1.54, 1.807) is 11.0 Å². The van der Waals surface area contributed by atoms with E-state index < -0.39 is 0 Å². The van der Waals surface area contributed by atoms with Crippen LogP contribution in [0.3, 0.4) is 0 Å². The Morgan fingerprint density at radius 1 is 1.44 bits per heavy atom. The lowest BCUT2D eigenvalue weighted by Crippen LogP contribution is -2.36. The molecule has 1 unspecified atom stereocenters. The van der Waals surface area contributed by atoms with E-state index in [2.05, 4.69) is 0 Å². The summed E-state index contributed by atoms with van der Waals surface area (Å²) in [6.45, 7) is 3.79. The molecule has 0 radical (unpaired) electrons. The molecule has 0 aliphatic heterocycles. The summed E-state index contributed by atoms with van der Waals surface area (Å²) >= 11 is 0. The second-order valence-corrected chi connectivity index (χ2v) is 5.32. The number of fused-ring (bicyclic) bond motifs is 1. The molecular formula is C15H20FNO. The first kappa shape index (κ1) is 13.1. The van der Waals surface area contributed by atoms with Gasteiger partial charge in [0.25, 0.3) is 0 Å². The number of hydrogen-bond donors (Lipinski definition) is 0. The van der Waals surface area contributed by atoms with Gasteiger partial charge in [0.05, 0.1) is 6.04 Å². The molecular weight excluding hydrogens is 229 g/mol. The molecule has 18 heavy (non-hydrogen) atoms. The van der Waals surface area contributed by atoms with Gasteiger partial charge in [0.2, 0.25) is 5.91 Å². The molecule has 0 spiro atoms. The topological polar surface area (TPSA) is 20.3 Å². The van der Waals surface area contributed by atoms with Crippen molar-refractivity contribution >= 4 is 5.91 Å². The Bertz CT molecular complexity index is 456. The van der Waals surface area contributed by atoms with Gasteiger partial charge < -0.3 is 4.90 Å². The van der Waals surface area contributed by atoms with E-state index >= 15 is 0 Å². The molecule has 1 aromatic carbocycles. The normalized spacial score (nSPS) is 18.6. The van der Waals surface area contributed by atoms with E-state index in [0.29, 0.717) is 0 Å². The van der Waals surface area contributed by atoms with Crippen LogP contribution in [0.5, 0.6) is 0 Å². The molecule has 1 atom stereocenters. The zero-order valence-electron chi connectivity index (χ0n) is 11.2. The van der Waals surface area contributed by atoms with Crippen LogP contribution in [-0.2, 0) is 11.2 Å². The number of benzene rings is 1. The standard InChI is InChI=1S/C15H20FNO/c1-10(2)15(18)17(3)14-9-5-6-11-12(14)7-4-8-13(11)16/h4,7-8,10,14H,5-6,9H2,1-3H3. The minimum Gasteiger partial charge on any atom is -0.338 e. The summed E-state index contributed by atoms with van der Waals surface area (Å²) in [6.07, 6.45) is 2.64. The Balaban J connectivity index is 2.33. The largest absolute Gasteiger partial charge is 0.338 e. The fourth-order valence-corrected chi connectivity index (χ4v) is 2.74. The molecule has 3 heteroatoms. The quantitative estimate of drug-likeness (QED) is 0.787. The van der Waals surface area contributed by atoms with Gasteiger partial charge in [-0.3, -0.25) is 4.79 Å². The number of nitrogens with zero attached hydrogens (tertiary/aromatic N) is 1. The van der Waals surface area contributed by atoms with Gasteiger partial charge >= 0.3 is 0 Å². The number of carbonyl (C=O) groups excluding carboxylic acids is 1. The summed E-state index contributed by atoms with van der Waals surface area (Å²) in [4.78, 5) is 13.8. The third kappa shape index (κ3) is 2.26.